The third-order valence-corrected chi connectivity index (χ3v) is 8.46. The number of hydrogen-bond donors (Lipinski definition) is 2. The SMILES string of the molecule is CC(=O)OCC1=CC2C3C(C)(C)[C@]3(OC(C)=O)C[C@@H](C)[C@]2(O)C2C=C(C)C(=O)[C@@]2(O)C1. The number of esters is 2. The maximum absolute atomic E-state index is 13.0. The molecular formula is C24H32O7. The fraction of sp³-hybridized carbons (Fsp3) is 0.708. The first-order chi connectivity index (χ1) is 14.2. The van der Waals surface area contributed by atoms with Crippen LogP contribution in [0.3, 0.4) is 0 Å². The quantitative estimate of drug-likeness (QED) is 0.519. The van der Waals surface area contributed by atoms with Crippen molar-refractivity contribution in [2.45, 2.75) is 71.2 Å². The summed E-state index contributed by atoms with van der Waals surface area (Å²) in [7, 11) is 0. The van der Waals surface area contributed by atoms with E-state index in [4.69, 9.17) is 9.47 Å². The lowest BCUT2D eigenvalue weighted by Crippen LogP contribution is -2.61. The standard InChI is InChI=1S/C24H32O7/c1-12-7-18-22(28,20(12)27)10-16(11-30-14(3)25)8-17-19-21(5,6)23(19,31-15(4)26)9-13(2)24(17,18)29/h7-8,13,17-19,28-29H,9-11H2,1-6H3/t13-,17?,18?,19?,22-,23+,24-/m1/s1. The second-order valence-corrected chi connectivity index (χ2v) is 10.6. The Morgan fingerprint density at radius 2 is 1.81 bits per heavy atom. The number of aliphatic hydroxyl groups is 2. The van der Waals surface area contributed by atoms with Crippen molar-refractivity contribution >= 4 is 17.7 Å². The summed E-state index contributed by atoms with van der Waals surface area (Å²) in [5.74, 6) is -3.06. The van der Waals surface area contributed by atoms with Crippen LogP contribution in [0.1, 0.15) is 54.4 Å². The molecule has 0 aromatic carbocycles. The van der Waals surface area contributed by atoms with Gasteiger partial charge in [0.05, 0.1) is 5.60 Å². The smallest absolute Gasteiger partial charge is 0.303 e. The molecule has 0 heterocycles. The van der Waals surface area contributed by atoms with E-state index in [2.05, 4.69) is 0 Å². The topological polar surface area (TPSA) is 110 Å². The van der Waals surface area contributed by atoms with Crippen LogP contribution in [-0.4, -0.2) is 51.3 Å². The molecule has 0 spiro atoms. The zero-order valence-electron chi connectivity index (χ0n) is 19.0. The van der Waals surface area contributed by atoms with Gasteiger partial charge in [-0.25, -0.2) is 0 Å². The minimum atomic E-state index is -1.80. The summed E-state index contributed by atoms with van der Waals surface area (Å²) < 4.78 is 11.1. The maximum Gasteiger partial charge on any atom is 0.303 e. The lowest BCUT2D eigenvalue weighted by Gasteiger charge is -2.50. The van der Waals surface area contributed by atoms with Gasteiger partial charge in [0.25, 0.3) is 0 Å². The molecule has 0 aromatic heterocycles. The van der Waals surface area contributed by atoms with E-state index in [1.807, 2.05) is 26.8 Å². The van der Waals surface area contributed by atoms with Crippen LogP contribution in [-0.2, 0) is 23.9 Å². The van der Waals surface area contributed by atoms with E-state index in [0.29, 0.717) is 17.6 Å². The molecule has 4 aliphatic rings. The molecule has 0 saturated heterocycles. The van der Waals surface area contributed by atoms with Crippen LogP contribution in [0.4, 0.5) is 0 Å². The highest BCUT2D eigenvalue weighted by atomic mass is 16.6. The number of hydrogen-bond acceptors (Lipinski definition) is 7. The van der Waals surface area contributed by atoms with Gasteiger partial charge in [0.1, 0.15) is 17.8 Å². The molecule has 7 nitrogen and oxygen atoms in total. The van der Waals surface area contributed by atoms with Gasteiger partial charge in [-0.3, -0.25) is 14.4 Å². The molecule has 0 bridgehead atoms. The molecule has 2 saturated carbocycles. The molecule has 2 fully saturated rings. The molecule has 3 unspecified atom stereocenters. The Kier molecular flexibility index (Phi) is 4.67. The van der Waals surface area contributed by atoms with Gasteiger partial charge in [-0.2, -0.15) is 0 Å². The summed E-state index contributed by atoms with van der Waals surface area (Å²) in [5.41, 5.74) is -3.31. The summed E-state index contributed by atoms with van der Waals surface area (Å²) in [6.45, 7) is 10.2. The number of rotatable bonds is 3. The van der Waals surface area contributed by atoms with Crippen molar-refractivity contribution in [3.05, 3.63) is 23.3 Å². The van der Waals surface area contributed by atoms with E-state index < -0.39 is 45.8 Å². The van der Waals surface area contributed by atoms with Crippen molar-refractivity contribution in [3.8, 4) is 0 Å². The molecular weight excluding hydrogens is 400 g/mol. The fourth-order valence-corrected chi connectivity index (χ4v) is 7.04. The van der Waals surface area contributed by atoms with E-state index in [9.17, 15) is 24.6 Å². The van der Waals surface area contributed by atoms with Crippen LogP contribution in [0.25, 0.3) is 0 Å². The van der Waals surface area contributed by atoms with Crippen molar-refractivity contribution in [1.29, 1.82) is 0 Å². The van der Waals surface area contributed by atoms with Gasteiger partial charge in [-0.1, -0.05) is 32.9 Å². The Morgan fingerprint density at radius 3 is 2.39 bits per heavy atom. The van der Waals surface area contributed by atoms with Crippen LogP contribution in [0, 0.1) is 29.1 Å². The summed E-state index contributed by atoms with van der Waals surface area (Å²) in [4.78, 5) is 36.4. The summed E-state index contributed by atoms with van der Waals surface area (Å²) in [5, 5.41) is 23.8. The highest BCUT2D eigenvalue weighted by Gasteiger charge is 2.83. The minimum absolute atomic E-state index is 0.0170. The number of ketones is 1. The van der Waals surface area contributed by atoms with Gasteiger partial charge in [0, 0.05) is 43.4 Å². The molecule has 4 rings (SSSR count). The van der Waals surface area contributed by atoms with E-state index in [-0.39, 0.29) is 30.8 Å². The zero-order chi connectivity index (χ0) is 23.1. The van der Waals surface area contributed by atoms with E-state index >= 15 is 0 Å². The Balaban J connectivity index is 1.87. The van der Waals surface area contributed by atoms with Crippen molar-refractivity contribution < 1.29 is 34.1 Å². The van der Waals surface area contributed by atoms with Gasteiger partial charge >= 0.3 is 11.9 Å². The lowest BCUT2D eigenvalue weighted by molar-refractivity contribution is -0.186. The first kappa shape index (κ1) is 22.2. The Hall–Kier alpha value is -1.99. The summed E-state index contributed by atoms with van der Waals surface area (Å²) >= 11 is 0. The zero-order valence-corrected chi connectivity index (χ0v) is 19.0. The molecule has 7 atom stereocenters. The van der Waals surface area contributed by atoms with Gasteiger partial charge in [0.2, 0.25) is 0 Å². The monoisotopic (exact) mass is 432 g/mol. The van der Waals surface area contributed by atoms with Crippen LogP contribution >= 0.6 is 0 Å². The fourth-order valence-electron chi connectivity index (χ4n) is 7.04. The highest BCUT2D eigenvalue weighted by Crippen LogP contribution is 2.76. The van der Waals surface area contributed by atoms with Crippen LogP contribution in [0.5, 0.6) is 0 Å². The second-order valence-electron chi connectivity index (χ2n) is 10.6. The highest BCUT2D eigenvalue weighted by molar-refractivity contribution is 6.04. The molecule has 2 N–H and O–H groups in total. The molecule has 4 aliphatic carbocycles. The predicted molar refractivity (Wildman–Crippen MR) is 111 cm³/mol. The van der Waals surface area contributed by atoms with Gasteiger partial charge in [-0.05, 0) is 30.4 Å². The average Bonchev–Trinajstić information content (AvgIpc) is 3.04. The molecule has 7 heteroatoms. The maximum atomic E-state index is 13.0. The first-order valence-corrected chi connectivity index (χ1v) is 10.9. The van der Waals surface area contributed by atoms with Gasteiger partial charge in [0.15, 0.2) is 5.78 Å². The van der Waals surface area contributed by atoms with Crippen molar-refractivity contribution in [2.75, 3.05) is 6.61 Å². The summed E-state index contributed by atoms with van der Waals surface area (Å²) in [6.07, 6.45) is 3.99. The molecule has 0 amide bonds. The molecule has 0 aliphatic heterocycles. The summed E-state index contributed by atoms with van der Waals surface area (Å²) in [6, 6.07) is 0. The Morgan fingerprint density at radius 1 is 1.16 bits per heavy atom. The van der Waals surface area contributed by atoms with Crippen LogP contribution in [0.2, 0.25) is 0 Å². The van der Waals surface area contributed by atoms with Crippen LogP contribution < -0.4 is 0 Å². The van der Waals surface area contributed by atoms with Crippen LogP contribution in [0.15, 0.2) is 23.3 Å². The molecule has 31 heavy (non-hydrogen) atoms. The van der Waals surface area contributed by atoms with Crippen molar-refractivity contribution in [2.24, 2.45) is 29.1 Å². The van der Waals surface area contributed by atoms with E-state index in [1.165, 1.54) is 13.8 Å². The number of Topliss-reactive ketones (excluding diaryl/α,β-unsaturated/α-hetero) is 1. The minimum Gasteiger partial charge on any atom is -0.461 e. The third-order valence-electron chi connectivity index (χ3n) is 8.46. The predicted octanol–water partition coefficient (Wildman–Crippen LogP) is 2.10. The normalized spacial score (nSPS) is 44.7. The number of carbonyl (C=O) groups is 3. The largest absolute Gasteiger partial charge is 0.461 e. The molecule has 0 radical (unpaired) electrons. The lowest BCUT2D eigenvalue weighted by atomic mass is 9.60. The van der Waals surface area contributed by atoms with Crippen molar-refractivity contribution in [1.82, 2.24) is 0 Å². The van der Waals surface area contributed by atoms with E-state index in [1.54, 1.807) is 13.0 Å². The first-order valence-electron chi connectivity index (χ1n) is 10.9. The average molecular weight is 433 g/mol. The number of fused-ring (bicyclic) bond motifs is 5. The van der Waals surface area contributed by atoms with Gasteiger partial charge < -0.3 is 19.7 Å². The third kappa shape index (κ3) is 2.75. The number of carbonyl (C=O) groups excluding carboxylic acids is 3. The molecule has 170 valence electrons. The van der Waals surface area contributed by atoms with E-state index in [0.717, 1.165) is 0 Å². The Labute approximate surface area is 182 Å². The van der Waals surface area contributed by atoms with Gasteiger partial charge in [-0.15, -0.1) is 0 Å². The second kappa shape index (κ2) is 6.51. The Bertz CT molecular complexity index is 930. The number of ether oxygens (including phenoxy) is 2. The molecule has 0 aromatic rings. The van der Waals surface area contributed by atoms with Crippen molar-refractivity contribution in [3.63, 3.8) is 0 Å².